The van der Waals surface area contributed by atoms with Gasteiger partial charge in [-0.25, -0.2) is 0 Å². The fraction of sp³-hybridized carbons (Fsp3) is 0.810. The van der Waals surface area contributed by atoms with Crippen LogP contribution < -0.4 is 0 Å². The molecule has 24 heavy (non-hydrogen) atoms. The second-order valence-corrected chi connectivity index (χ2v) is 8.73. The molecular formula is C21H30O3. The van der Waals surface area contributed by atoms with E-state index in [2.05, 4.69) is 6.92 Å². The maximum Gasteiger partial charge on any atom is 0.309 e. The van der Waals surface area contributed by atoms with Gasteiger partial charge in [0.2, 0.25) is 0 Å². The van der Waals surface area contributed by atoms with Gasteiger partial charge >= 0.3 is 5.97 Å². The summed E-state index contributed by atoms with van der Waals surface area (Å²) in [6, 6.07) is 0. The molecule has 0 heterocycles. The smallest absolute Gasteiger partial charge is 0.309 e. The third-order valence-corrected chi connectivity index (χ3v) is 7.87. The summed E-state index contributed by atoms with van der Waals surface area (Å²) in [5.41, 5.74) is 1.58. The first-order valence-corrected chi connectivity index (χ1v) is 9.94. The molecule has 132 valence electrons. The normalized spacial score (nSPS) is 44.2. The summed E-state index contributed by atoms with van der Waals surface area (Å²) in [7, 11) is 0. The van der Waals surface area contributed by atoms with Crippen LogP contribution in [0.5, 0.6) is 0 Å². The van der Waals surface area contributed by atoms with Gasteiger partial charge in [0.05, 0.1) is 12.5 Å². The summed E-state index contributed by atoms with van der Waals surface area (Å²) >= 11 is 0. The van der Waals surface area contributed by atoms with E-state index in [1.807, 2.05) is 13.0 Å². The zero-order valence-corrected chi connectivity index (χ0v) is 15.1. The average molecular weight is 330 g/mol. The minimum absolute atomic E-state index is 0.0422. The Morgan fingerprint density at radius 2 is 2.00 bits per heavy atom. The zero-order valence-electron chi connectivity index (χ0n) is 15.1. The Labute approximate surface area is 145 Å². The maximum atomic E-state index is 12.5. The Kier molecular flexibility index (Phi) is 4.09. The Hall–Kier alpha value is -1.12. The van der Waals surface area contributed by atoms with E-state index < -0.39 is 0 Å². The lowest BCUT2D eigenvalue weighted by molar-refractivity contribution is -0.154. The quantitative estimate of drug-likeness (QED) is 0.709. The van der Waals surface area contributed by atoms with Gasteiger partial charge in [0.15, 0.2) is 5.78 Å². The molecule has 0 radical (unpaired) electrons. The van der Waals surface area contributed by atoms with E-state index in [-0.39, 0.29) is 17.3 Å². The number of rotatable bonds is 2. The molecule has 0 bridgehead atoms. The second-order valence-electron chi connectivity index (χ2n) is 8.73. The van der Waals surface area contributed by atoms with Crippen LogP contribution in [0, 0.1) is 35.0 Å². The van der Waals surface area contributed by atoms with Crippen molar-refractivity contribution in [2.24, 2.45) is 35.0 Å². The lowest BCUT2D eigenvalue weighted by Gasteiger charge is -2.53. The van der Waals surface area contributed by atoms with Gasteiger partial charge in [0.1, 0.15) is 0 Å². The summed E-state index contributed by atoms with van der Waals surface area (Å²) < 4.78 is 5.39. The molecule has 6 unspecified atom stereocenters. The Balaban J connectivity index is 1.57. The summed E-state index contributed by atoms with van der Waals surface area (Å²) in [6.45, 7) is 4.76. The summed E-state index contributed by atoms with van der Waals surface area (Å²) in [5, 5.41) is 0. The van der Waals surface area contributed by atoms with Crippen LogP contribution in [0.3, 0.4) is 0 Å². The highest BCUT2D eigenvalue weighted by Gasteiger charge is 2.58. The highest BCUT2D eigenvalue weighted by Crippen LogP contribution is 2.63. The molecule has 0 aromatic heterocycles. The predicted octanol–water partition coefficient (Wildman–Crippen LogP) is 4.31. The number of carbonyl (C=O) groups is 2. The first-order valence-electron chi connectivity index (χ1n) is 9.94. The number of hydrogen-bond donors (Lipinski definition) is 0. The van der Waals surface area contributed by atoms with Crippen LogP contribution in [0.25, 0.3) is 0 Å². The molecule has 0 aliphatic heterocycles. The van der Waals surface area contributed by atoms with Gasteiger partial charge in [-0.05, 0) is 87.0 Å². The predicted molar refractivity (Wildman–Crippen MR) is 92.2 cm³/mol. The molecule has 4 aliphatic rings. The Morgan fingerprint density at radius 1 is 1.17 bits per heavy atom. The van der Waals surface area contributed by atoms with E-state index in [1.165, 1.54) is 24.8 Å². The minimum atomic E-state index is 0.0422. The first kappa shape index (κ1) is 16.4. The SMILES string of the molecule is CCOC(=O)C1CCC2C3CCC4=CC(=O)CCC4C3CCC12C. The van der Waals surface area contributed by atoms with Crippen molar-refractivity contribution >= 4 is 11.8 Å². The van der Waals surface area contributed by atoms with Gasteiger partial charge in [0, 0.05) is 6.42 Å². The number of fused-ring (bicyclic) bond motifs is 5. The van der Waals surface area contributed by atoms with Crippen LogP contribution in [-0.4, -0.2) is 18.4 Å². The van der Waals surface area contributed by atoms with E-state index >= 15 is 0 Å². The van der Waals surface area contributed by atoms with Crippen molar-refractivity contribution in [1.82, 2.24) is 0 Å². The molecule has 6 atom stereocenters. The molecule has 4 rings (SSSR count). The number of ether oxygens (including phenoxy) is 1. The van der Waals surface area contributed by atoms with Crippen molar-refractivity contribution < 1.29 is 14.3 Å². The highest BCUT2D eigenvalue weighted by atomic mass is 16.5. The second kappa shape index (κ2) is 6.00. The van der Waals surface area contributed by atoms with E-state index in [4.69, 9.17) is 4.74 Å². The van der Waals surface area contributed by atoms with Gasteiger partial charge in [-0.15, -0.1) is 0 Å². The third kappa shape index (κ3) is 2.38. The Morgan fingerprint density at radius 3 is 2.79 bits per heavy atom. The number of ketones is 1. The maximum absolute atomic E-state index is 12.5. The summed E-state index contributed by atoms with van der Waals surface area (Å²) in [4.78, 5) is 24.2. The van der Waals surface area contributed by atoms with Crippen molar-refractivity contribution in [3.63, 3.8) is 0 Å². The van der Waals surface area contributed by atoms with Gasteiger partial charge in [0.25, 0.3) is 0 Å². The van der Waals surface area contributed by atoms with E-state index in [1.54, 1.807) is 0 Å². The van der Waals surface area contributed by atoms with Crippen molar-refractivity contribution in [1.29, 1.82) is 0 Å². The van der Waals surface area contributed by atoms with Crippen molar-refractivity contribution in [2.45, 2.75) is 65.2 Å². The van der Waals surface area contributed by atoms with Crippen molar-refractivity contribution in [2.75, 3.05) is 6.61 Å². The van der Waals surface area contributed by atoms with Gasteiger partial charge < -0.3 is 4.74 Å². The molecule has 3 heteroatoms. The molecule has 0 saturated heterocycles. The van der Waals surface area contributed by atoms with Crippen LogP contribution >= 0.6 is 0 Å². The fourth-order valence-electron chi connectivity index (χ4n) is 6.81. The molecule has 3 saturated carbocycles. The molecule has 0 aromatic rings. The number of esters is 1. The van der Waals surface area contributed by atoms with E-state index in [0.29, 0.717) is 24.2 Å². The van der Waals surface area contributed by atoms with E-state index in [0.717, 1.165) is 43.9 Å². The lowest BCUT2D eigenvalue weighted by atomic mass is 9.51. The number of carbonyl (C=O) groups excluding carboxylic acids is 2. The molecule has 3 fully saturated rings. The van der Waals surface area contributed by atoms with Crippen LogP contribution in [0.4, 0.5) is 0 Å². The average Bonchev–Trinajstić information content (AvgIpc) is 2.92. The lowest BCUT2D eigenvalue weighted by Crippen LogP contribution is -2.47. The first-order chi connectivity index (χ1) is 11.5. The van der Waals surface area contributed by atoms with Gasteiger partial charge in [-0.1, -0.05) is 12.5 Å². The minimum Gasteiger partial charge on any atom is -0.466 e. The fourth-order valence-corrected chi connectivity index (χ4v) is 6.81. The highest BCUT2D eigenvalue weighted by molar-refractivity contribution is 5.91. The zero-order chi connectivity index (χ0) is 16.9. The molecule has 0 aromatic carbocycles. The number of allylic oxidation sites excluding steroid dienone is 1. The van der Waals surface area contributed by atoms with Crippen LogP contribution in [-0.2, 0) is 14.3 Å². The summed E-state index contributed by atoms with van der Waals surface area (Å²) in [6.07, 6.45) is 10.7. The molecule has 3 nitrogen and oxygen atoms in total. The van der Waals surface area contributed by atoms with Crippen molar-refractivity contribution in [3.05, 3.63) is 11.6 Å². The topological polar surface area (TPSA) is 43.4 Å². The van der Waals surface area contributed by atoms with Crippen LogP contribution in [0.2, 0.25) is 0 Å². The molecular weight excluding hydrogens is 300 g/mol. The Bertz CT molecular complexity index is 578. The molecule has 0 spiro atoms. The third-order valence-electron chi connectivity index (χ3n) is 7.87. The number of hydrogen-bond acceptors (Lipinski definition) is 3. The molecule has 0 N–H and O–H groups in total. The summed E-state index contributed by atoms with van der Waals surface area (Å²) in [5.74, 6) is 3.30. The standard InChI is InChI=1S/C21H30O3/c1-3-24-20(23)19-9-8-18-17-6-4-13-12-14(22)5-7-15(13)16(17)10-11-21(18,19)2/h12,15-19H,3-11H2,1-2H3. The van der Waals surface area contributed by atoms with Gasteiger partial charge in [-0.3, -0.25) is 9.59 Å². The monoisotopic (exact) mass is 330 g/mol. The largest absolute Gasteiger partial charge is 0.466 e. The van der Waals surface area contributed by atoms with E-state index in [9.17, 15) is 9.59 Å². The van der Waals surface area contributed by atoms with Crippen LogP contribution in [0.1, 0.15) is 65.2 Å². The van der Waals surface area contributed by atoms with Crippen LogP contribution in [0.15, 0.2) is 11.6 Å². The van der Waals surface area contributed by atoms with Gasteiger partial charge in [-0.2, -0.15) is 0 Å². The molecule has 4 aliphatic carbocycles. The van der Waals surface area contributed by atoms with Crippen molar-refractivity contribution in [3.8, 4) is 0 Å². The molecule has 0 amide bonds.